The first-order valence-corrected chi connectivity index (χ1v) is 7.14. The molecule has 0 spiro atoms. The van der Waals surface area contributed by atoms with Gasteiger partial charge in [-0.1, -0.05) is 41.4 Å². The molecule has 0 radical (unpaired) electrons. The Hall–Kier alpha value is -1.09. The summed E-state index contributed by atoms with van der Waals surface area (Å²) in [6.07, 6.45) is 0.605. The highest BCUT2D eigenvalue weighted by Gasteiger charge is 2.16. The predicted octanol–water partition coefficient (Wildman–Crippen LogP) is 4.94. The first kappa shape index (κ1) is 15.3. The fourth-order valence-electron chi connectivity index (χ4n) is 2.28. The second kappa shape index (κ2) is 6.57. The lowest BCUT2D eigenvalue weighted by atomic mass is 9.95. The van der Waals surface area contributed by atoms with Crippen molar-refractivity contribution in [1.29, 1.82) is 0 Å². The molecule has 2 aromatic rings. The SMILES string of the molecule is CNC(Cc1cccc(F)c1Cl)c1cc(Cl)ccc1C. The lowest BCUT2D eigenvalue weighted by Gasteiger charge is -2.20. The van der Waals surface area contributed by atoms with Crippen LogP contribution in [0.2, 0.25) is 10.0 Å². The maximum Gasteiger partial charge on any atom is 0.142 e. The first-order valence-electron chi connectivity index (χ1n) is 6.39. The van der Waals surface area contributed by atoms with E-state index in [0.717, 1.165) is 16.7 Å². The minimum atomic E-state index is -0.387. The van der Waals surface area contributed by atoms with Crippen LogP contribution >= 0.6 is 23.2 Å². The summed E-state index contributed by atoms with van der Waals surface area (Å²) in [5.41, 5.74) is 3.02. The number of aryl methyl sites for hydroxylation is 1. The van der Waals surface area contributed by atoms with Gasteiger partial charge in [0.15, 0.2) is 0 Å². The largest absolute Gasteiger partial charge is 0.313 e. The van der Waals surface area contributed by atoms with Crippen molar-refractivity contribution in [2.24, 2.45) is 0 Å². The van der Waals surface area contributed by atoms with E-state index in [1.54, 1.807) is 6.07 Å². The lowest BCUT2D eigenvalue weighted by molar-refractivity contribution is 0.582. The van der Waals surface area contributed by atoms with E-state index in [2.05, 4.69) is 5.32 Å². The molecule has 0 fully saturated rings. The Morgan fingerprint density at radius 1 is 1.20 bits per heavy atom. The smallest absolute Gasteiger partial charge is 0.142 e. The van der Waals surface area contributed by atoms with E-state index in [4.69, 9.17) is 23.2 Å². The molecule has 0 aliphatic carbocycles. The molecular formula is C16H16Cl2FN. The maximum atomic E-state index is 13.5. The highest BCUT2D eigenvalue weighted by molar-refractivity contribution is 6.31. The zero-order chi connectivity index (χ0) is 14.7. The van der Waals surface area contributed by atoms with Gasteiger partial charge in [-0.15, -0.1) is 0 Å². The normalized spacial score (nSPS) is 12.4. The number of likely N-dealkylation sites (N-methyl/N-ethyl adjacent to an activating group) is 1. The maximum absolute atomic E-state index is 13.5. The van der Waals surface area contributed by atoms with Crippen molar-refractivity contribution in [3.63, 3.8) is 0 Å². The van der Waals surface area contributed by atoms with Crippen molar-refractivity contribution in [2.45, 2.75) is 19.4 Å². The summed E-state index contributed by atoms with van der Waals surface area (Å²) in [5, 5.41) is 4.12. The molecule has 2 aromatic carbocycles. The molecule has 0 amide bonds. The van der Waals surface area contributed by atoms with E-state index in [1.807, 2.05) is 38.2 Å². The van der Waals surface area contributed by atoms with Crippen LogP contribution in [0.5, 0.6) is 0 Å². The van der Waals surface area contributed by atoms with Gasteiger partial charge in [0.25, 0.3) is 0 Å². The summed E-state index contributed by atoms with van der Waals surface area (Å²) in [7, 11) is 1.87. The van der Waals surface area contributed by atoms with Gasteiger partial charge < -0.3 is 5.32 Å². The molecule has 1 N–H and O–H groups in total. The molecule has 0 heterocycles. The monoisotopic (exact) mass is 311 g/mol. The van der Waals surface area contributed by atoms with Crippen LogP contribution in [0.4, 0.5) is 4.39 Å². The fraction of sp³-hybridized carbons (Fsp3) is 0.250. The Balaban J connectivity index is 2.34. The molecule has 0 bridgehead atoms. The van der Waals surface area contributed by atoms with Crippen molar-refractivity contribution < 1.29 is 4.39 Å². The number of rotatable bonds is 4. The zero-order valence-corrected chi connectivity index (χ0v) is 12.9. The Bertz CT molecular complexity index is 613. The summed E-state index contributed by atoms with van der Waals surface area (Å²) in [6.45, 7) is 2.03. The van der Waals surface area contributed by atoms with E-state index < -0.39 is 0 Å². The summed E-state index contributed by atoms with van der Waals surface area (Å²) >= 11 is 12.1. The van der Waals surface area contributed by atoms with Gasteiger partial charge in [-0.05, 0) is 55.3 Å². The molecule has 4 heteroatoms. The van der Waals surface area contributed by atoms with Crippen LogP contribution in [0.15, 0.2) is 36.4 Å². The quantitative estimate of drug-likeness (QED) is 0.843. The molecule has 2 rings (SSSR count). The molecule has 1 atom stereocenters. The molecule has 1 nitrogen and oxygen atoms in total. The Morgan fingerprint density at radius 2 is 1.95 bits per heavy atom. The van der Waals surface area contributed by atoms with Crippen molar-refractivity contribution in [2.75, 3.05) is 7.05 Å². The van der Waals surface area contributed by atoms with Crippen LogP contribution < -0.4 is 5.32 Å². The number of hydrogen-bond donors (Lipinski definition) is 1. The van der Waals surface area contributed by atoms with Gasteiger partial charge in [-0.2, -0.15) is 0 Å². The standard InChI is InChI=1S/C16H16Cl2FN/c1-10-6-7-12(17)9-13(10)15(20-2)8-11-4-3-5-14(19)16(11)18/h3-7,9,15,20H,8H2,1-2H3. The van der Waals surface area contributed by atoms with Crippen LogP contribution in [0, 0.1) is 12.7 Å². The average molecular weight is 312 g/mol. The molecule has 0 saturated heterocycles. The minimum Gasteiger partial charge on any atom is -0.313 e. The van der Waals surface area contributed by atoms with Crippen molar-refractivity contribution in [1.82, 2.24) is 5.32 Å². The topological polar surface area (TPSA) is 12.0 Å². The second-order valence-electron chi connectivity index (χ2n) is 4.76. The zero-order valence-electron chi connectivity index (χ0n) is 11.4. The molecule has 0 aromatic heterocycles. The van der Waals surface area contributed by atoms with Gasteiger partial charge in [0.2, 0.25) is 0 Å². The highest BCUT2D eigenvalue weighted by Crippen LogP contribution is 2.28. The molecule has 20 heavy (non-hydrogen) atoms. The lowest BCUT2D eigenvalue weighted by Crippen LogP contribution is -2.20. The minimum absolute atomic E-state index is 0.0352. The predicted molar refractivity (Wildman–Crippen MR) is 83.1 cm³/mol. The summed E-state index contributed by atoms with van der Waals surface area (Å²) < 4.78 is 13.5. The van der Waals surface area contributed by atoms with E-state index >= 15 is 0 Å². The highest BCUT2D eigenvalue weighted by atomic mass is 35.5. The second-order valence-corrected chi connectivity index (χ2v) is 5.57. The Labute approximate surface area is 128 Å². The van der Waals surface area contributed by atoms with Crippen molar-refractivity contribution >= 4 is 23.2 Å². The van der Waals surface area contributed by atoms with Gasteiger partial charge in [-0.3, -0.25) is 0 Å². The number of nitrogens with one attached hydrogen (secondary N) is 1. The fourth-order valence-corrected chi connectivity index (χ4v) is 2.66. The van der Waals surface area contributed by atoms with E-state index in [-0.39, 0.29) is 16.9 Å². The number of benzene rings is 2. The van der Waals surface area contributed by atoms with E-state index in [1.165, 1.54) is 6.07 Å². The van der Waals surface area contributed by atoms with E-state index in [0.29, 0.717) is 11.4 Å². The van der Waals surface area contributed by atoms with Crippen LogP contribution in [0.1, 0.15) is 22.7 Å². The molecule has 106 valence electrons. The Kier molecular flexibility index (Phi) is 5.03. The number of halogens is 3. The van der Waals surface area contributed by atoms with Gasteiger partial charge in [0, 0.05) is 11.1 Å². The van der Waals surface area contributed by atoms with E-state index in [9.17, 15) is 4.39 Å². The number of hydrogen-bond acceptors (Lipinski definition) is 1. The van der Waals surface area contributed by atoms with Crippen molar-refractivity contribution in [3.05, 3.63) is 69.0 Å². The van der Waals surface area contributed by atoms with Crippen molar-refractivity contribution in [3.8, 4) is 0 Å². The van der Waals surface area contributed by atoms with Gasteiger partial charge in [-0.25, -0.2) is 4.39 Å². The molecule has 1 unspecified atom stereocenters. The third-order valence-electron chi connectivity index (χ3n) is 3.42. The molecular weight excluding hydrogens is 296 g/mol. The summed E-state index contributed by atoms with van der Waals surface area (Å²) in [5.74, 6) is -0.387. The molecule has 0 aliphatic rings. The third-order valence-corrected chi connectivity index (χ3v) is 4.08. The Morgan fingerprint density at radius 3 is 2.65 bits per heavy atom. The average Bonchev–Trinajstić information content (AvgIpc) is 2.43. The van der Waals surface area contributed by atoms with Crippen LogP contribution in [0.25, 0.3) is 0 Å². The molecule has 0 aliphatic heterocycles. The van der Waals surface area contributed by atoms with Crippen LogP contribution in [0.3, 0.4) is 0 Å². The first-order chi connectivity index (χ1) is 9.52. The van der Waals surface area contributed by atoms with Gasteiger partial charge in [0.1, 0.15) is 5.82 Å². The van der Waals surface area contributed by atoms with Crippen LogP contribution in [-0.2, 0) is 6.42 Å². The van der Waals surface area contributed by atoms with Gasteiger partial charge >= 0.3 is 0 Å². The summed E-state index contributed by atoms with van der Waals surface area (Å²) in [6, 6.07) is 10.7. The third kappa shape index (κ3) is 3.32. The molecule has 0 saturated carbocycles. The van der Waals surface area contributed by atoms with Crippen LogP contribution in [-0.4, -0.2) is 7.05 Å². The van der Waals surface area contributed by atoms with Gasteiger partial charge in [0.05, 0.1) is 5.02 Å². The summed E-state index contributed by atoms with van der Waals surface area (Å²) in [4.78, 5) is 0.